The molecule has 106 valence electrons. The van der Waals surface area contributed by atoms with Crippen molar-refractivity contribution in [2.24, 2.45) is 0 Å². The van der Waals surface area contributed by atoms with Gasteiger partial charge in [-0.05, 0) is 24.5 Å². The number of rotatable bonds is 4. The van der Waals surface area contributed by atoms with E-state index in [0.717, 1.165) is 30.5 Å². The summed E-state index contributed by atoms with van der Waals surface area (Å²) in [4.78, 5) is 8.65. The summed E-state index contributed by atoms with van der Waals surface area (Å²) in [5, 5.41) is 7.43. The van der Waals surface area contributed by atoms with Gasteiger partial charge in [0.25, 0.3) is 0 Å². The third-order valence-corrected chi connectivity index (χ3v) is 3.69. The number of aromatic nitrogens is 3. The van der Waals surface area contributed by atoms with E-state index in [2.05, 4.69) is 27.4 Å². The monoisotopic (exact) mass is 274 g/mol. The molecule has 0 amide bonds. The molecule has 1 fully saturated rings. The Morgan fingerprint density at radius 1 is 1.50 bits per heavy atom. The predicted molar refractivity (Wildman–Crippen MR) is 73.1 cm³/mol. The molecule has 0 bridgehead atoms. The topological polar surface area (TPSA) is 73.1 Å². The molecule has 0 saturated carbocycles. The third kappa shape index (κ3) is 2.44. The number of aryl methyl sites for hydroxylation is 1. The van der Waals surface area contributed by atoms with Crippen LogP contribution in [0.5, 0.6) is 0 Å². The fourth-order valence-electron chi connectivity index (χ4n) is 2.48. The SMILES string of the molecule is CCc1cnccc1-c1noc(C2CC(OC)CN2)n1. The zero-order chi connectivity index (χ0) is 13.9. The summed E-state index contributed by atoms with van der Waals surface area (Å²) >= 11 is 0. The van der Waals surface area contributed by atoms with Crippen LogP contribution in [0.15, 0.2) is 23.0 Å². The Morgan fingerprint density at radius 3 is 3.15 bits per heavy atom. The molecule has 1 saturated heterocycles. The van der Waals surface area contributed by atoms with Crippen molar-refractivity contribution in [1.82, 2.24) is 20.4 Å². The standard InChI is InChI=1S/C14H18N4O2/c1-3-9-7-15-5-4-11(9)13-17-14(20-18-13)12-6-10(19-2)8-16-12/h4-5,7,10,12,16H,3,6,8H2,1-2H3. The van der Waals surface area contributed by atoms with E-state index >= 15 is 0 Å². The molecule has 1 aliphatic heterocycles. The second-order valence-corrected chi connectivity index (χ2v) is 4.90. The zero-order valence-electron chi connectivity index (χ0n) is 11.7. The van der Waals surface area contributed by atoms with Gasteiger partial charge in [-0.25, -0.2) is 0 Å². The van der Waals surface area contributed by atoms with E-state index in [1.807, 2.05) is 12.3 Å². The van der Waals surface area contributed by atoms with Gasteiger partial charge in [0.2, 0.25) is 11.7 Å². The van der Waals surface area contributed by atoms with E-state index in [0.29, 0.717) is 11.7 Å². The molecule has 6 nitrogen and oxygen atoms in total. The van der Waals surface area contributed by atoms with Crippen molar-refractivity contribution in [3.8, 4) is 11.4 Å². The van der Waals surface area contributed by atoms with Crippen LogP contribution in [-0.4, -0.2) is 34.9 Å². The van der Waals surface area contributed by atoms with E-state index in [9.17, 15) is 0 Å². The van der Waals surface area contributed by atoms with Crippen molar-refractivity contribution in [3.63, 3.8) is 0 Å². The second-order valence-electron chi connectivity index (χ2n) is 4.90. The lowest BCUT2D eigenvalue weighted by atomic mass is 10.1. The van der Waals surface area contributed by atoms with Gasteiger partial charge in [-0.2, -0.15) is 4.98 Å². The molecular formula is C14H18N4O2. The fourth-order valence-corrected chi connectivity index (χ4v) is 2.48. The van der Waals surface area contributed by atoms with Crippen LogP contribution >= 0.6 is 0 Å². The quantitative estimate of drug-likeness (QED) is 0.915. The lowest BCUT2D eigenvalue weighted by Crippen LogP contribution is -2.16. The summed E-state index contributed by atoms with van der Waals surface area (Å²) in [6, 6.07) is 2.00. The maximum Gasteiger partial charge on any atom is 0.244 e. The Hall–Kier alpha value is -1.79. The predicted octanol–water partition coefficient (Wildman–Crippen LogP) is 1.74. The smallest absolute Gasteiger partial charge is 0.244 e. The van der Waals surface area contributed by atoms with Gasteiger partial charge in [-0.1, -0.05) is 12.1 Å². The number of pyridine rings is 1. The molecule has 0 spiro atoms. The van der Waals surface area contributed by atoms with E-state index in [1.165, 1.54) is 0 Å². The summed E-state index contributed by atoms with van der Waals surface area (Å²) in [6.07, 6.45) is 5.55. The van der Waals surface area contributed by atoms with Gasteiger partial charge < -0.3 is 14.6 Å². The molecule has 2 aromatic rings. The van der Waals surface area contributed by atoms with Gasteiger partial charge in [0.05, 0.1) is 12.1 Å². The van der Waals surface area contributed by atoms with E-state index < -0.39 is 0 Å². The van der Waals surface area contributed by atoms with Crippen molar-refractivity contribution < 1.29 is 9.26 Å². The lowest BCUT2D eigenvalue weighted by molar-refractivity contribution is 0.116. The van der Waals surface area contributed by atoms with Gasteiger partial charge in [0, 0.05) is 31.6 Å². The minimum absolute atomic E-state index is 0.0770. The van der Waals surface area contributed by atoms with E-state index in [4.69, 9.17) is 9.26 Å². The molecule has 0 radical (unpaired) electrons. The van der Waals surface area contributed by atoms with Crippen molar-refractivity contribution in [3.05, 3.63) is 29.9 Å². The Bertz CT molecular complexity index is 584. The summed E-state index contributed by atoms with van der Waals surface area (Å²) in [6.45, 7) is 2.90. The fraction of sp³-hybridized carbons (Fsp3) is 0.500. The van der Waals surface area contributed by atoms with Crippen LogP contribution < -0.4 is 5.32 Å². The van der Waals surface area contributed by atoms with Crippen molar-refractivity contribution in [2.45, 2.75) is 31.9 Å². The van der Waals surface area contributed by atoms with Crippen LogP contribution in [0.3, 0.4) is 0 Å². The molecule has 20 heavy (non-hydrogen) atoms. The summed E-state index contributed by atoms with van der Waals surface area (Å²) < 4.78 is 10.7. The second kappa shape index (κ2) is 5.68. The largest absolute Gasteiger partial charge is 0.380 e. The highest BCUT2D eigenvalue weighted by atomic mass is 16.5. The summed E-state index contributed by atoms with van der Waals surface area (Å²) in [5.41, 5.74) is 2.10. The van der Waals surface area contributed by atoms with Gasteiger partial charge in [-0.3, -0.25) is 4.98 Å². The molecule has 0 aliphatic carbocycles. The average Bonchev–Trinajstić information content (AvgIpc) is 3.15. The number of hydrogen-bond acceptors (Lipinski definition) is 6. The maximum absolute atomic E-state index is 5.40. The highest BCUT2D eigenvalue weighted by Gasteiger charge is 2.29. The maximum atomic E-state index is 5.40. The summed E-state index contributed by atoms with van der Waals surface area (Å²) in [5.74, 6) is 1.25. The molecule has 1 aliphatic rings. The first-order chi connectivity index (χ1) is 9.81. The number of nitrogens with one attached hydrogen (secondary N) is 1. The zero-order valence-corrected chi connectivity index (χ0v) is 11.7. The van der Waals surface area contributed by atoms with Gasteiger partial charge in [0.15, 0.2) is 0 Å². The molecule has 2 aromatic heterocycles. The number of nitrogens with zero attached hydrogens (tertiary/aromatic N) is 3. The first-order valence-electron chi connectivity index (χ1n) is 6.84. The van der Waals surface area contributed by atoms with Crippen LogP contribution in [0, 0.1) is 0 Å². The number of ether oxygens (including phenoxy) is 1. The molecule has 6 heteroatoms. The number of hydrogen-bond donors (Lipinski definition) is 1. The van der Waals surface area contributed by atoms with Crippen molar-refractivity contribution >= 4 is 0 Å². The van der Waals surface area contributed by atoms with Crippen LogP contribution in [0.1, 0.15) is 30.8 Å². The van der Waals surface area contributed by atoms with E-state index in [1.54, 1.807) is 13.3 Å². The Morgan fingerprint density at radius 2 is 2.40 bits per heavy atom. The van der Waals surface area contributed by atoms with Crippen LogP contribution in [0.2, 0.25) is 0 Å². The third-order valence-electron chi connectivity index (χ3n) is 3.69. The Kier molecular flexibility index (Phi) is 3.75. The Balaban J connectivity index is 1.83. The molecular weight excluding hydrogens is 256 g/mol. The van der Waals surface area contributed by atoms with Crippen molar-refractivity contribution in [1.29, 1.82) is 0 Å². The highest BCUT2D eigenvalue weighted by Crippen LogP contribution is 2.26. The van der Waals surface area contributed by atoms with Gasteiger partial charge in [0.1, 0.15) is 0 Å². The minimum Gasteiger partial charge on any atom is -0.380 e. The average molecular weight is 274 g/mol. The van der Waals surface area contributed by atoms with Gasteiger partial charge in [-0.15, -0.1) is 0 Å². The molecule has 3 rings (SSSR count). The molecule has 3 heterocycles. The number of methoxy groups -OCH3 is 1. The molecule has 0 aromatic carbocycles. The first kappa shape index (κ1) is 13.2. The molecule has 2 unspecified atom stereocenters. The first-order valence-corrected chi connectivity index (χ1v) is 6.84. The lowest BCUT2D eigenvalue weighted by Gasteiger charge is -2.04. The highest BCUT2D eigenvalue weighted by molar-refractivity contribution is 5.58. The Labute approximate surface area is 117 Å². The van der Waals surface area contributed by atoms with Crippen LogP contribution in [0.4, 0.5) is 0 Å². The van der Waals surface area contributed by atoms with Crippen LogP contribution in [-0.2, 0) is 11.2 Å². The van der Waals surface area contributed by atoms with Crippen molar-refractivity contribution in [2.75, 3.05) is 13.7 Å². The van der Waals surface area contributed by atoms with E-state index in [-0.39, 0.29) is 12.1 Å². The normalized spacial score (nSPS) is 22.3. The summed E-state index contributed by atoms with van der Waals surface area (Å²) in [7, 11) is 1.72. The van der Waals surface area contributed by atoms with Gasteiger partial charge >= 0.3 is 0 Å². The minimum atomic E-state index is 0.0770. The molecule has 2 atom stereocenters. The molecule has 1 N–H and O–H groups in total. The van der Waals surface area contributed by atoms with Crippen LogP contribution in [0.25, 0.3) is 11.4 Å².